The number of hydrogen-bond donors (Lipinski definition) is 0. The van der Waals surface area contributed by atoms with Gasteiger partial charge in [-0.3, -0.25) is 9.69 Å². The zero-order valence-corrected chi connectivity index (χ0v) is 14.2. The van der Waals surface area contributed by atoms with Gasteiger partial charge in [0.15, 0.2) is 11.5 Å². The summed E-state index contributed by atoms with van der Waals surface area (Å²) in [6.07, 6.45) is 0. The SMILES string of the molecule is CCOc1ccc(CN2C(=O)S(=O)(=O)c3ccccc32)cc1OC. The van der Waals surface area contributed by atoms with Crippen LogP contribution in [0.5, 0.6) is 11.5 Å². The van der Waals surface area contributed by atoms with E-state index in [1.807, 2.05) is 6.92 Å². The van der Waals surface area contributed by atoms with Gasteiger partial charge < -0.3 is 9.47 Å². The Labute approximate surface area is 140 Å². The number of para-hydroxylation sites is 1. The first kappa shape index (κ1) is 16.3. The number of methoxy groups -OCH3 is 1. The predicted molar refractivity (Wildman–Crippen MR) is 89.4 cm³/mol. The second kappa shape index (κ2) is 6.16. The molecule has 0 saturated heterocycles. The quantitative estimate of drug-likeness (QED) is 0.831. The molecule has 0 aromatic heterocycles. The lowest BCUT2D eigenvalue weighted by Gasteiger charge is -2.17. The molecule has 6 nitrogen and oxygen atoms in total. The number of ether oxygens (including phenoxy) is 2. The van der Waals surface area contributed by atoms with Gasteiger partial charge in [0.2, 0.25) is 0 Å². The highest BCUT2D eigenvalue weighted by molar-refractivity contribution is 8.07. The van der Waals surface area contributed by atoms with Gasteiger partial charge in [-0.1, -0.05) is 18.2 Å². The minimum atomic E-state index is -3.95. The predicted octanol–water partition coefficient (Wildman–Crippen LogP) is 3.01. The van der Waals surface area contributed by atoms with Crippen molar-refractivity contribution in [2.45, 2.75) is 18.4 Å². The molecule has 1 heterocycles. The van der Waals surface area contributed by atoms with E-state index in [1.165, 1.54) is 18.1 Å². The van der Waals surface area contributed by atoms with Gasteiger partial charge in [0.05, 0.1) is 25.9 Å². The van der Waals surface area contributed by atoms with Crippen LogP contribution in [0, 0.1) is 0 Å². The van der Waals surface area contributed by atoms with Crippen LogP contribution in [0.25, 0.3) is 0 Å². The molecule has 0 N–H and O–H groups in total. The van der Waals surface area contributed by atoms with Gasteiger partial charge in [0.25, 0.3) is 9.84 Å². The third-order valence-corrected chi connectivity index (χ3v) is 5.37. The fourth-order valence-corrected chi connectivity index (χ4v) is 4.01. The Balaban J connectivity index is 1.96. The molecule has 0 aliphatic carbocycles. The molecule has 126 valence electrons. The van der Waals surface area contributed by atoms with Gasteiger partial charge >= 0.3 is 5.24 Å². The molecule has 0 unspecified atom stereocenters. The number of benzene rings is 2. The molecule has 0 saturated carbocycles. The molecule has 2 aromatic rings. The Morgan fingerprint density at radius 1 is 1.08 bits per heavy atom. The molecular weight excluding hydrogens is 330 g/mol. The van der Waals surface area contributed by atoms with Gasteiger partial charge in [-0.15, -0.1) is 0 Å². The lowest BCUT2D eigenvalue weighted by molar-refractivity contribution is 0.263. The molecule has 0 bridgehead atoms. The maximum Gasteiger partial charge on any atom is 0.348 e. The van der Waals surface area contributed by atoms with E-state index in [4.69, 9.17) is 9.47 Å². The van der Waals surface area contributed by atoms with Gasteiger partial charge in [0, 0.05) is 0 Å². The molecule has 0 spiro atoms. The number of anilines is 1. The average molecular weight is 347 g/mol. The minimum absolute atomic E-state index is 0.0490. The second-order valence-electron chi connectivity index (χ2n) is 5.24. The summed E-state index contributed by atoms with van der Waals surface area (Å²) in [6.45, 7) is 2.52. The van der Waals surface area contributed by atoms with Crippen LogP contribution in [0.4, 0.5) is 10.5 Å². The van der Waals surface area contributed by atoms with Crippen molar-refractivity contribution in [2.75, 3.05) is 18.6 Å². The van der Waals surface area contributed by atoms with Crippen molar-refractivity contribution >= 4 is 20.8 Å². The van der Waals surface area contributed by atoms with Crippen LogP contribution in [0.1, 0.15) is 12.5 Å². The van der Waals surface area contributed by atoms with Crippen molar-refractivity contribution in [3.8, 4) is 11.5 Å². The summed E-state index contributed by atoms with van der Waals surface area (Å²) >= 11 is 0. The number of fused-ring (bicyclic) bond motifs is 1. The molecule has 1 aliphatic rings. The Hall–Kier alpha value is -2.54. The van der Waals surface area contributed by atoms with Crippen molar-refractivity contribution in [3.05, 3.63) is 48.0 Å². The first-order chi connectivity index (χ1) is 11.5. The molecule has 3 rings (SSSR count). The summed E-state index contributed by atoms with van der Waals surface area (Å²) < 4.78 is 35.2. The maximum atomic E-state index is 12.3. The Morgan fingerprint density at radius 3 is 2.54 bits per heavy atom. The van der Waals surface area contributed by atoms with E-state index in [-0.39, 0.29) is 11.4 Å². The fourth-order valence-electron chi connectivity index (χ4n) is 2.66. The van der Waals surface area contributed by atoms with Gasteiger partial charge in [-0.05, 0) is 36.8 Å². The molecule has 1 amide bonds. The normalized spacial score (nSPS) is 15.2. The van der Waals surface area contributed by atoms with Gasteiger partial charge in [-0.2, -0.15) is 0 Å². The number of rotatable bonds is 5. The Bertz CT molecular complexity index is 892. The molecular formula is C17H17NO5S. The Kier molecular flexibility index (Phi) is 4.19. The summed E-state index contributed by atoms with van der Waals surface area (Å²) in [5.74, 6) is 1.14. The van der Waals surface area contributed by atoms with Crippen LogP contribution in [0.2, 0.25) is 0 Å². The summed E-state index contributed by atoms with van der Waals surface area (Å²) in [5, 5.41) is -0.906. The highest BCUT2D eigenvalue weighted by Gasteiger charge is 2.41. The van der Waals surface area contributed by atoms with E-state index in [1.54, 1.807) is 36.4 Å². The van der Waals surface area contributed by atoms with E-state index in [0.717, 1.165) is 5.56 Å². The van der Waals surface area contributed by atoms with E-state index < -0.39 is 15.1 Å². The van der Waals surface area contributed by atoms with Crippen molar-refractivity contribution in [1.82, 2.24) is 0 Å². The molecule has 7 heteroatoms. The van der Waals surface area contributed by atoms with Crippen molar-refractivity contribution in [2.24, 2.45) is 0 Å². The lowest BCUT2D eigenvalue weighted by atomic mass is 10.1. The molecule has 0 fully saturated rings. The number of carbonyl (C=O) groups is 1. The first-order valence-corrected chi connectivity index (χ1v) is 8.92. The first-order valence-electron chi connectivity index (χ1n) is 7.44. The van der Waals surface area contributed by atoms with E-state index in [9.17, 15) is 13.2 Å². The number of nitrogens with zero attached hydrogens (tertiary/aromatic N) is 1. The van der Waals surface area contributed by atoms with Crippen LogP contribution in [0.3, 0.4) is 0 Å². The molecule has 1 aliphatic heterocycles. The molecule has 0 atom stereocenters. The summed E-state index contributed by atoms with van der Waals surface area (Å²) in [6, 6.07) is 11.7. The number of amides is 1. The van der Waals surface area contributed by atoms with Crippen LogP contribution in [-0.4, -0.2) is 27.4 Å². The highest BCUT2D eigenvalue weighted by atomic mass is 32.2. The third-order valence-electron chi connectivity index (χ3n) is 3.76. The standard InChI is InChI=1S/C17H17NO5S/c1-3-23-14-9-8-12(10-15(14)22-2)11-18-13-6-4-5-7-16(13)24(20,21)17(18)19/h4-10H,3,11H2,1-2H3. The Morgan fingerprint density at radius 2 is 1.83 bits per heavy atom. The van der Waals surface area contributed by atoms with Crippen molar-refractivity contribution in [3.63, 3.8) is 0 Å². The minimum Gasteiger partial charge on any atom is -0.493 e. The second-order valence-corrected chi connectivity index (χ2v) is 7.04. The summed E-state index contributed by atoms with van der Waals surface area (Å²) in [5.41, 5.74) is 1.14. The lowest BCUT2D eigenvalue weighted by Crippen LogP contribution is -2.28. The molecule has 2 aromatic carbocycles. The number of sulfone groups is 1. The molecule has 24 heavy (non-hydrogen) atoms. The maximum absolute atomic E-state index is 12.3. The summed E-state index contributed by atoms with van der Waals surface area (Å²) in [4.78, 5) is 13.6. The number of hydrogen-bond acceptors (Lipinski definition) is 5. The van der Waals surface area contributed by atoms with Crippen LogP contribution in [-0.2, 0) is 16.4 Å². The largest absolute Gasteiger partial charge is 0.493 e. The van der Waals surface area contributed by atoms with Crippen LogP contribution < -0.4 is 14.4 Å². The van der Waals surface area contributed by atoms with Gasteiger partial charge in [0.1, 0.15) is 4.90 Å². The zero-order valence-electron chi connectivity index (χ0n) is 13.4. The van der Waals surface area contributed by atoms with Crippen LogP contribution in [0.15, 0.2) is 47.4 Å². The highest BCUT2D eigenvalue weighted by Crippen LogP contribution is 2.37. The fraction of sp³-hybridized carbons (Fsp3) is 0.235. The zero-order chi connectivity index (χ0) is 17.3. The topological polar surface area (TPSA) is 72.9 Å². The smallest absolute Gasteiger partial charge is 0.348 e. The van der Waals surface area contributed by atoms with Crippen LogP contribution >= 0.6 is 0 Å². The van der Waals surface area contributed by atoms with E-state index in [2.05, 4.69) is 0 Å². The van der Waals surface area contributed by atoms with E-state index >= 15 is 0 Å². The average Bonchev–Trinajstić information content (AvgIpc) is 2.78. The monoisotopic (exact) mass is 347 g/mol. The third kappa shape index (κ3) is 2.60. The van der Waals surface area contributed by atoms with Gasteiger partial charge in [-0.25, -0.2) is 8.42 Å². The van der Waals surface area contributed by atoms with Crippen molar-refractivity contribution in [1.29, 1.82) is 0 Å². The van der Waals surface area contributed by atoms with Crippen molar-refractivity contribution < 1.29 is 22.7 Å². The van der Waals surface area contributed by atoms with E-state index in [0.29, 0.717) is 23.8 Å². The molecule has 0 radical (unpaired) electrons. The number of carbonyl (C=O) groups excluding carboxylic acids is 1. The summed E-state index contributed by atoms with van der Waals surface area (Å²) in [7, 11) is -2.42.